The van der Waals surface area contributed by atoms with E-state index in [9.17, 15) is 13.2 Å². The van der Waals surface area contributed by atoms with E-state index in [0.29, 0.717) is 12.1 Å². The Kier molecular flexibility index (Phi) is 2.80. The van der Waals surface area contributed by atoms with Crippen molar-refractivity contribution in [2.75, 3.05) is 18.0 Å². The maximum absolute atomic E-state index is 12.4. The minimum Gasteiger partial charge on any atom is -0.361 e. The van der Waals surface area contributed by atoms with E-state index in [-0.39, 0.29) is 12.6 Å². The molecule has 0 radical (unpaired) electrons. The quantitative estimate of drug-likeness (QED) is 0.798. The Labute approximate surface area is 91.8 Å². The van der Waals surface area contributed by atoms with Gasteiger partial charge in [0.15, 0.2) is 0 Å². The average molecular weight is 230 g/mol. The standard InChI is InChI=1S/C11H13F3N2/c12-11(13,14)7-16-6-9(15)5-8-3-1-2-4-10(8)16/h1-4,9H,5-7,15H2. The number of hydrogen-bond acceptors (Lipinski definition) is 2. The van der Waals surface area contributed by atoms with Crippen molar-refractivity contribution in [1.82, 2.24) is 0 Å². The molecule has 2 nitrogen and oxygen atoms in total. The molecule has 1 aliphatic rings. The normalized spacial score (nSPS) is 20.8. The summed E-state index contributed by atoms with van der Waals surface area (Å²) in [5, 5.41) is 0. The molecular formula is C11H13F3N2. The molecule has 0 saturated heterocycles. The first-order valence-corrected chi connectivity index (χ1v) is 5.11. The van der Waals surface area contributed by atoms with Gasteiger partial charge in [0.2, 0.25) is 0 Å². The summed E-state index contributed by atoms with van der Waals surface area (Å²) in [4.78, 5) is 1.31. The van der Waals surface area contributed by atoms with Crippen LogP contribution in [0.3, 0.4) is 0 Å². The molecule has 5 heteroatoms. The number of nitrogens with zero attached hydrogens (tertiary/aromatic N) is 1. The van der Waals surface area contributed by atoms with Gasteiger partial charge in [-0.25, -0.2) is 0 Å². The van der Waals surface area contributed by atoms with Gasteiger partial charge in [-0.1, -0.05) is 18.2 Å². The topological polar surface area (TPSA) is 29.3 Å². The van der Waals surface area contributed by atoms with E-state index in [4.69, 9.17) is 5.73 Å². The van der Waals surface area contributed by atoms with E-state index in [1.807, 2.05) is 12.1 Å². The van der Waals surface area contributed by atoms with Crippen molar-refractivity contribution in [3.8, 4) is 0 Å². The second-order valence-corrected chi connectivity index (χ2v) is 4.09. The number of fused-ring (bicyclic) bond motifs is 1. The highest BCUT2D eigenvalue weighted by atomic mass is 19.4. The third kappa shape index (κ3) is 2.47. The van der Waals surface area contributed by atoms with Gasteiger partial charge >= 0.3 is 6.18 Å². The van der Waals surface area contributed by atoms with Gasteiger partial charge in [-0.3, -0.25) is 0 Å². The predicted octanol–water partition coefficient (Wildman–Crippen LogP) is 1.94. The molecule has 1 atom stereocenters. The molecule has 16 heavy (non-hydrogen) atoms. The van der Waals surface area contributed by atoms with Gasteiger partial charge < -0.3 is 10.6 Å². The van der Waals surface area contributed by atoms with Crippen molar-refractivity contribution in [2.24, 2.45) is 5.73 Å². The van der Waals surface area contributed by atoms with Gasteiger partial charge in [-0.05, 0) is 18.1 Å². The molecule has 0 saturated carbocycles. The zero-order valence-electron chi connectivity index (χ0n) is 8.67. The number of alkyl halides is 3. The molecule has 0 spiro atoms. The van der Waals surface area contributed by atoms with Crippen LogP contribution in [0.2, 0.25) is 0 Å². The van der Waals surface area contributed by atoms with Gasteiger partial charge in [0, 0.05) is 18.3 Å². The Morgan fingerprint density at radius 1 is 1.31 bits per heavy atom. The molecule has 1 aromatic carbocycles. The van der Waals surface area contributed by atoms with Crippen LogP contribution >= 0.6 is 0 Å². The van der Waals surface area contributed by atoms with Crippen LogP contribution in [0.25, 0.3) is 0 Å². The molecule has 0 fully saturated rings. The van der Waals surface area contributed by atoms with Gasteiger partial charge in [0.1, 0.15) is 6.54 Å². The van der Waals surface area contributed by atoms with E-state index in [1.54, 1.807) is 12.1 Å². The first kappa shape index (κ1) is 11.3. The summed E-state index contributed by atoms with van der Waals surface area (Å²) in [5.74, 6) is 0. The zero-order chi connectivity index (χ0) is 11.8. The van der Waals surface area contributed by atoms with Crippen molar-refractivity contribution < 1.29 is 13.2 Å². The lowest BCUT2D eigenvalue weighted by Gasteiger charge is -2.35. The summed E-state index contributed by atoms with van der Waals surface area (Å²) in [6.45, 7) is -0.672. The van der Waals surface area contributed by atoms with Crippen LogP contribution < -0.4 is 10.6 Å². The van der Waals surface area contributed by atoms with Crippen LogP contribution in [0.15, 0.2) is 24.3 Å². The largest absolute Gasteiger partial charge is 0.405 e. The molecule has 2 rings (SSSR count). The lowest BCUT2D eigenvalue weighted by atomic mass is 9.98. The van der Waals surface area contributed by atoms with E-state index in [1.165, 1.54) is 4.90 Å². The van der Waals surface area contributed by atoms with Crippen LogP contribution in [0.5, 0.6) is 0 Å². The minimum absolute atomic E-state index is 0.225. The Morgan fingerprint density at radius 2 is 2.00 bits per heavy atom. The number of benzene rings is 1. The number of rotatable bonds is 1. The van der Waals surface area contributed by atoms with Crippen LogP contribution in [0.1, 0.15) is 5.56 Å². The second-order valence-electron chi connectivity index (χ2n) is 4.09. The number of anilines is 1. The second kappa shape index (κ2) is 3.97. The third-order valence-electron chi connectivity index (χ3n) is 2.64. The Hall–Kier alpha value is -1.23. The highest BCUT2D eigenvalue weighted by Crippen LogP contribution is 2.29. The lowest BCUT2D eigenvalue weighted by Crippen LogP contribution is -2.46. The van der Waals surface area contributed by atoms with Crippen molar-refractivity contribution in [3.05, 3.63) is 29.8 Å². The van der Waals surface area contributed by atoms with Crippen LogP contribution in [-0.2, 0) is 6.42 Å². The first-order valence-electron chi connectivity index (χ1n) is 5.11. The molecule has 1 unspecified atom stereocenters. The Bertz CT molecular complexity index is 376. The SMILES string of the molecule is NC1Cc2ccccc2N(CC(F)(F)F)C1. The fourth-order valence-corrected chi connectivity index (χ4v) is 2.09. The molecule has 1 heterocycles. The third-order valence-corrected chi connectivity index (χ3v) is 2.64. The number of nitrogens with two attached hydrogens (primary N) is 1. The smallest absolute Gasteiger partial charge is 0.361 e. The molecule has 88 valence electrons. The van der Waals surface area contributed by atoms with Gasteiger partial charge in [-0.2, -0.15) is 13.2 Å². The Balaban J connectivity index is 2.27. The molecule has 0 aromatic heterocycles. The monoisotopic (exact) mass is 230 g/mol. The van der Waals surface area contributed by atoms with Gasteiger partial charge in [-0.15, -0.1) is 0 Å². The summed E-state index contributed by atoms with van der Waals surface area (Å²) in [6, 6.07) is 6.89. The maximum atomic E-state index is 12.4. The maximum Gasteiger partial charge on any atom is 0.405 e. The number of hydrogen-bond donors (Lipinski definition) is 1. The minimum atomic E-state index is -4.19. The van der Waals surface area contributed by atoms with Crippen molar-refractivity contribution in [2.45, 2.75) is 18.6 Å². The van der Waals surface area contributed by atoms with Gasteiger partial charge in [0.25, 0.3) is 0 Å². The van der Waals surface area contributed by atoms with Crippen LogP contribution in [0.4, 0.5) is 18.9 Å². The Morgan fingerprint density at radius 3 is 2.69 bits per heavy atom. The van der Waals surface area contributed by atoms with E-state index in [2.05, 4.69) is 0 Å². The predicted molar refractivity (Wildman–Crippen MR) is 56.4 cm³/mol. The fourth-order valence-electron chi connectivity index (χ4n) is 2.09. The highest BCUT2D eigenvalue weighted by Gasteiger charge is 2.33. The van der Waals surface area contributed by atoms with E-state index < -0.39 is 12.7 Å². The molecule has 1 aromatic rings. The first-order chi connectivity index (χ1) is 7.46. The summed E-state index contributed by atoms with van der Waals surface area (Å²) < 4.78 is 37.1. The summed E-state index contributed by atoms with van der Waals surface area (Å²) in [7, 11) is 0. The summed E-state index contributed by atoms with van der Waals surface area (Å²) >= 11 is 0. The molecular weight excluding hydrogens is 217 g/mol. The number of halogens is 3. The fraction of sp³-hybridized carbons (Fsp3) is 0.455. The number of para-hydroxylation sites is 1. The molecule has 0 amide bonds. The van der Waals surface area contributed by atoms with Crippen molar-refractivity contribution in [1.29, 1.82) is 0 Å². The average Bonchev–Trinajstić information content (AvgIpc) is 2.14. The molecule has 0 aliphatic carbocycles. The summed E-state index contributed by atoms with van der Waals surface area (Å²) in [5.41, 5.74) is 7.30. The molecule has 2 N–H and O–H groups in total. The van der Waals surface area contributed by atoms with Crippen molar-refractivity contribution in [3.63, 3.8) is 0 Å². The van der Waals surface area contributed by atoms with Gasteiger partial charge in [0.05, 0.1) is 0 Å². The zero-order valence-corrected chi connectivity index (χ0v) is 8.67. The van der Waals surface area contributed by atoms with Crippen LogP contribution in [0, 0.1) is 0 Å². The summed E-state index contributed by atoms with van der Waals surface area (Å²) in [6.07, 6.45) is -3.55. The van der Waals surface area contributed by atoms with Crippen molar-refractivity contribution >= 4 is 5.69 Å². The van der Waals surface area contributed by atoms with E-state index >= 15 is 0 Å². The molecule has 1 aliphatic heterocycles. The lowest BCUT2D eigenvalue weighted by molar-refractivity contribution is -0.119. The molecule has 0 bridgehead atoms. The van der Waals surface area contributed by atoms with Crippen LogP contribution in [-0.4, -0.2) is 25.3 Å². The highest BCUT2D eigenvalue weighted by molar-refractivity contribution is 5.56. The van der Waals surface area contributed by atoms with E-state index in [0.717, 1.165) is 5.56 Å².